The van der Waals surface area contributed by atoms with Crippen LogP contribution in [0.2, 0.25) is 0 Å². The number of hydrogen-bond donors (Lipinski definition) is 1. The summed E-state index contributed by atoms with van der Waals surface area (Å²) >= 11 is 0. The molecule has 2 fully saturated rings. The Labute approximate surface area is 131 Å². The standard InChI is InChI=1S/C17H35N3O/c1-15(2)12-19-8-10-20(11-9-19)14-17(21)13-18-6-4-16(3)5-7-18/h15-17,21H,4-14H2,1-3H3. The van der Waals surface area contributed by atoms with Crippen molar-refractivity contribution in [1.29, 1.82) is 0 Å². The third kappa shape index (κ3) is 6.23. The van der Waals surface area contributed by atoms with E-state index in [1.165, 1.54) is 32.5 Å². The minimum absolute atomic E-state index is 0.185. The van der Waals surface area contributed by atoms with Crippen LogP contribution in [0.1, 0.15) is 33.6 Å². The smallest absolute Gasteiger partial charge is 0.0793 e. The van der Waals surface area contributed by atoms with Crippen molar-refractivity contribution in [3.05, 3.63) is 0 Å². The Kier molecular flexibility index (Phi) is 6.93. The molecule has 2 aliphatic rings. The number of aliphatic hydroxyl groups is 1. The van der Waals surface area contributed by atoms with E-state index in [2.05, 4.69) is 35.5 Å². The lowest BCUT2D eigenvalue weighted by molar-refractivity contribution is 0.0410. The third-order valence-corrected chi connectivity index (χ3v) is 4.90. The summed E-state index contributed by atoms with van der Waals surface area (Å²) in [4.78, 5) is 7.44. The Morgan fingerprint density at radius 1 is 0.810 bits per heavy atom. The first-order chi connectivity index (χ1) is 10.0. The lowest BCUT2D eigenvalue weighted by atomic mass is 9.99. The van der Waals surface area contributed by atoms with Crippen molar-refractivity contribution in [2.24, 2.45) is 11.8 Å². The van der Waals surface area contributed by atoms with Gasteiger partial charge in [0.1, 0.15) is 0 Å². The topological polar surface area (TPSA) is 30.0 Å². The number of piperazine rings is 1. The Bertz CT molecular complexity index is 282. The van der Waals surface area contributed by atoms with Gasteiger partial charge in [-0.15, -0.1) is 0 Å². The molecular weight excluding hydrogens is 262 g/mol. The maximum absolute atomic E-state index is 10.3. The summed E-state index contributed by atoms with van der Waals surface area (Å²) in [5, 5.41) is 10.3. The first-order valence-electron chi connectivity index (χ1n) is 8.88. The maximum atomic E-state index is 10.3. The van der Waals surface area contributed by atoms with Gasteiger partial charge in [-0.2, -0.15) is 0 Å². The summed E-state index contributed by atoms with van der Waals surface area (Å²) in [6, 6.07) is 0. The number of likely N-dealkylation sites (tertiary alicyclic amines) is 1. The van der Waals surface area contributed by atoms with Crippen LogP contribution >= 0.6 is 0 Å². The fraction of sp³-hybridized carbons (Fsp3) is 1.00. The fourth-order valence-electron chi connectivity index (χ4n) is 3.57. The largest absolute Gasteiger partial charge is 0.390 e. The molecule has 4 nitrogen and oxygen atoms in total. The van der Waals surface area contributed by atoms with E-state index in [0.29, 0.717) is 0 Å². The summed E-state index contributed by atoms with van der Waals surface area (Å²) in [6.07, 6.45) is 2.40. The van der Waals surface area contributed by atoms with Gasteiger partial charge in [-0.25, -0.2) is 0 Å². The van der Waals surface area contributed by atoms with Crippen molar-refractivity contribution in [2.75, 3.05) is 58.9 Å². The lowest BCUT2D eigenvalue weighted by Crippen LogP contribution is -2.51. The molecule has 21 heavy (non-hydrogen) atoms. The summed E-state index contributed by atoms with van der Waals surface area (Å²) in [5.74, 6) is 1.62. The Morgan fingerprint density at radius 2 is 1.24 bits per heavy atom. The van der Waals surface area contributed by atoms with Gasteiger partial charge < -0.3 is 14.9 Å². The molecule has 2 rings (SSSR count). The lowest BCUT2D eigenvalue weighted by Gasteiger charge is -2.37. The highest BCUT2D eigenvalue weighted by Crippen LogP contribution is 2.16. The van der Waals surface area contributed by atoms with Crippen LogP contribution in [0.15, 0.2) is 0 Å². The van der Waals surface area contributed by atoms with Gasteiger partial charge in [-0.05, 0) is 37.8 Å². The van der Waals surface area contributed by atoms with E-state index in [1.807, 2.05) is 0 Å². The summed E-state index contributed by atoms with van der Waals surface area (Å²) in [7, 11) is 0. The third-order valence-electron chi connectivity index (χ3n) is 4.90. The molecule has 0 bridgehead atoms. The van der Waals surface area contributed by atoms with Crippen LogP contribution in [0.5, 0.6) is 0 Å². The number of hydrogen-bond acceptors (Lipinski definition) is 4. The van der Waals surface area contributed by atoms with E-state index in [1.54, 1.807) is 0 Å². The zero-order valence-electron chi connectivity index (χ0n) is 14.3. The van der Waals surface area contributed by atoms with E-state index < -0.39 is 0 Å². The fourth-order valence-corrected chi connectivity index (χ4v) is 3.57. The van der Waals surface area contributed by atoms with E-state index >= 15 is 0 Å². The first kappa shape index (κ1) is 17.2. The molecule has 2 aliphatic heterocycles. The van der Waals surface area contributed by atoms with Crippen molar-refractivity contribution < 1.29 is 5.11 Å². The van der Waals surface area contributed by atoms with E-state index in [9.17, 15) is 5.11 Å². The average Bonchev–Trinajstić information content (AvgIpc) is 2.43. The number of nitrogens with zero attached hydrogens (tertiary/aromatic N) is 3. The molecule has 2 heterocycles. The highest BCUT2D eigenvalue weighted by Gasteiger charge is 2.22. The Hall–Kier alpha value is -0.160. The molecule has 1 unspecified atom stereocenters. The van der Waals surface area contributed by atoms with Gasteiger partial charge in [-0.3, -0.25) is 4.90 Å². The Morgan fingerprint density at radius 3 is 1.71 bits per heavy atom. The molecule has 0 aromatic rings. The normalized spacial score (nSPS) is 25.6. The first-order valence-corrected chi connectivity index (χ1v) is 8.88. The SMILES string of the molecule is CC(C)CN1CCN(CC(O)CN2CCC(C)CC2)CC1. The molecule has 124 valence electrons. The number of aliphatic hydroxyl groups excluding tert-OH is 1. The second kappa shape index (κ2) is 8.47. The molecule has 0 radical (unpaired) electrons. The highest BCUT2D eigenvalue weighted by molar-refractivity contribution is 4.78. The highest BCUT2D eigenvalue weighted by atomic mass is 16.3. The molecular formula is C17H35N3O. The van der Waals surface area contributed by atoms with Crippen LogP contribution in [-0.4, -0.2) is 84.8 Å². The molecule has 0 saturated carbocycles. The second-order valence-electron chi connectivity index (χ2n) is 7.63. The zero-order valence-corrected chi connectivity index (χ0v) is 14.3. The van der Waals surface area contributed by atoms with Gasteiger partial charge in [0.2, 0.25) is 0 Å². The Balaban J connectivity index is 1.61. The van der Waals surface area contributed by atoms with Crippen molar-refractivity contribution in [2.45, 2.75) is 39.7 Å². The minimum Gasteiger partial charge on any atom is -0.390 e. The summed E-state index contributed by atoms with van der Waals surface area (Å²) in [6.45, 7) is 16.7. The molecule has 2 saturated heterocycles. The molecule has 4 heteroatoms. The summed E-state index contributed by atoms with van der Waals surface area (Å²) < 4.78 is 0. The van der Waals surface area contributed by atoms with Gasteiger partial charge in [0.15, 0.2) is 0 Å². The number of piperidine rings is 1. The van der Waals surface area contributed by atoms with Crippen molar-refractivity contribution >= 4 is 0 Å². The zero-order chi connectivity index (χ0) is 15.2. The van der Waals surface area contributed by atoms with Crippen LogP contribution in [0.4, 0.5) is 0 Å². The van der Waals surface area contributed by atoms with E-state index in [0.717, 1.165) is 51.1 Å². The molecule has 1 N–H and O–H groups in total. The van der Waals surface area contributed by atoms with E-state index in [4.69, 9.17) is 0 Å². The molecule has 0 amide bonds. The molecule has 0 aliphatic carbocycles. The molecule has 0 aromatic carbocycles. The minimum atomic E-state index is -0.185. The van der Waals surface area contributed by atoms with Crippen molar-refractivity contribution in [3.63, 3.8) is 0 Å². The van der Waals surface area contributed by atoms with Gasteiger partial charge >= 0.3 is 0 Å². The van der Waals surface area contributed by atoms with Gasteiger partial charge in [-0.1, -0.05) is 20.8 Å². The van der Waals surface area contributed by atoms with Crippen LogP contribution in [-0.2, 0) is 0 Å². The number of rotatable bonds is 6. The van der Waals surface area contributed by atoms with Crippen LogP contribution in [0.25, 0.3) is 0 Å². The van der Waals surface area contributed by atoms with Crippen molar-refractivity contribution in [3.8, 4) is 0 Å². The predicted octanol–water partition coefficient (Wildman–Crippen LogP) is 1.35. The average molecular weight is 297 g/mol. The summed E-state index contributed by atoms with van der Waals surface area (Å²) in [5.41, 5.74) is 0. The molecule has 0 spiro atoms. The predicted molar refractivity (Wildman–Crippen MR) is 88.6 cm³/mol. The molecule has 1 atom stereocenters. The maximum Gasteiger partial charge on any atom is 0.0793 e. The van der Waals surface area contributed by atoms with Gasteiger partial charge in [0.25, 0.3) is 0 Å². The van der Waals surface area contributed by atoms with Crippen LogP contribution in [0.3, 0.4) is 0 Å². The monoisotopic (exact) mass is 297 g/mol. The van der Waals surface area contributed by atoms with Gasteiger partial charge in [0, 0.05) is 45.8 Å². The quantitative estimate of drug-likeness (QED) is 0.802. The molecule has 0 aromatic heterocycles. The van der Waals surface area contributed by atoms with Crippen LogP contribution in [0, 0.1) is 11.8 Å². The van der Waals surface area contributed by atoms with Crippen LogP contribution < -0.4 is 0 Å². The number of β-amino-alcohol motifs (C(OH)–C–C–N with tert-alkyl or cyclic N) is 1. The second-order valence-corrected chi connectivity index (χ2v) is 7.63. The van der Waals surface area contributed by atoms with Gasteiger partial charge in [0.05, 0.1) is 6.10 Å². The van der Waals surface area contributed by atoms with E-state index in [-0.39, 0.29) is 6.10 Å². The van der Waals surface area contributed by atoms with Crippen molar-refractivity contribution in [1.82, 2.24) is 14.7 Å².